The van der Waals surface area contributed by atoms with Crippen LogP contribution in [0.4, 0.5) is 0 Å². The Balaban J connectivity index is 1.61. The van der Waals surface area contributed by atoms with Gasteiger partial charge in [-0.25, -0.2) is 4.79 Å². The fourth-order valence-corrected chi connectivity index (χ4v) is 3.14. The lowest BCUT2D eigenvalue weighted by atomic mass is 9.93. The van der Waals surface area contributed by atoms with Crippen LogP contribution in [0.2, 0.25) is 0 Å². The number of ketones is 1. The summed E-state index contributed by atoms with van der Waals surface area (Å²) >= 11 is 0. The molecule has 8 nitrogen and oxygen atoms in total. The molecule has 0 radical (unpaired) electrons. The SMILES string of the molecule is CC1C(=O)[C@@H]2C(NC(=O)COc3ccccc3)C(=O)N2C1C(=O)O. The first-order chi connectivity index (χ1) is 11.4. The number of rotatable bonds is 5. The first-order valence-electron chi connectivity index (χ1n) is 7.47. The molecule has 2 heterocycles. The van der Waals surface area contributed by atoms with Crippen molar-refractivity contribution in [2.75, 3.05) is 6.61 Å². The molecule has 4 atom stereocenters. The first-order valence-corrected chi connectivity index (χ1v) is 7.47. The molecular formula is C16H16N2O6. The van der Waals surface area contributed by atoms with Crippen LogP contribution in [0.5, 0.6) is 5.75 Å². The van der Waals surface area contributed by atoms with E-state index in [-0.39, 0.29) is 12.4 Å². The molecule has 24 heavy (non-hydrogen) atoms. The molecule has 0 aromatic heterocycles. The zero-order valence-corrected chi connectivity index (χ0v) is 12.8. The molecular weight excluding hydrogens is 316 g/mol. The van der Waals surface area contributed by atoms with Crippen LogP contribution in [0.15, 0.2) is 30.3 Å². The largest absolute Gasteiger partial charge is 0.484 e. The van der Waals surface area contributed by atoms with Crippen molar-refractivity contribution in [3.8, 4) is 5.75 Å². The number of amides is 2. The van der Waals surface area contributed by atoms with Crippen molar-refractivity contribution in [1.82, 2.24) is 10.2 Å². The maximum atomic E-state index is 12.2. The van der Waals surface area contributed by atoms with Crippen LogP contribution in [-0.2, 0) is 19.2 Å². The van der Waals surface area contributed by atoms with E-state index in [1.165, 1.54) is 6.92 Å². The normalized spacial score (nSPS) is 28.1. The summed E-state index contributed by atoms with van der Waals surface area (Å²) in [4.78, 5) is 48.5. The van der Waals surface area contributed by atoms with Gasteiger partial charge in [-0.05, 0) is 12.1 Å². The van der Waals surface area contributed by atoms with Crippen molar-refractivity contribution < 1.29 is 29.0 Å². The minimum Gasteiger partial charge on any atom is -0.484 e. The summed E-state index contributed by atoms with van der Waals surface area (Å²) in [5, 5.41) is 11.6. The minimum atomic E-state index is -1.22. The number of nitrogens with zero attached hydrogens (tertiary/aromatic N) is 1. The number of para-hydroxylation sites is 1. The molecule has 2 N–H and O–H groups in total. The lowest BCUT2D eigenvalue weighted by Gasteiger charge is -2.43. The number of β-lactam (4-membered cyclic amide) rings is 1. The molecule has 2 fully saturated rings. The lowest BCUT2D eigenvalue weighted by molar-refractivity contribution is -0.162. The zero-order chi connectivity index (χ0) is 17.4. The number of Topliss-reactive ketones (excluding diaryl/α,β-unsaturated/α-hetero) is 1. The predicted molar refractivity (Wildman–Crippen MR) is 80.1 cm³/mol. The van der Waals surface area contributed by atoms with Gasteiger partial charge in [-0.15, -0.1) is 0 Å². The molecule has 3 rings (SSSR count). The monoisotopic (exact) mass is 332 g/mol. The second-order valence-corrected chi connectivity index (χ2v) is 5.81. The van der Waals surface area contributed by atoms with E-state index in [1.807, 2.05) is 0 Å². The van der Waals surface area contributed by atoms with Crippen LogP contribution in [0.1, 0.15) is 6.92 Å². The quantitative estimate of drug-likeness (QED) is 0.699. The van der Waals surface area contributed by atoms with Gasteiger partial charge in [-0.1, -0.05) is 25.1 Å². The number of hydrogen-bond donors (Lipinski definition) is 2. The van der Waals surface area contributed by atoms with Crippen molar-refractivity contribution >= 4 is 23.6 Å². The Labute approximate surface area is 137 Å². The van der Waals surface area contributed by atoms with Crippen LogP contribution in [0, 0.1) is 5.92 Å². The van der Waals surface area contributed by atoms with E-state index in [2.05, 4.69) is 5.32 Å². The van der Waals surface area contributed by atoms with E-state index >= 15 is 0 Å². The summed E-state index contributed by atoms with van der Waals surface area (Å²) in [5.41, 5.74) is 0. The Bertz CT molecular complexity index is 704. The molecule has 126 valence electrons. The third-order valence-corrected chi connectivity index (χ3v) is 4.33. The third-order valence-electron chi connectivity index (χ3n) is 4.33. The number of fused-ring (bicyclic) bond motifs is 1. The van der Waals surface area contributed by atoms with Crippen LogP contribution in [-0.4, -0.2) is 58.3 Å². The van der Waals surface area contributed by atoms with Crippen LogP contribution in [0.3, 0.4) is 0 Å². The molecule has 2 aliphatic heterocycles. The Kier molecular flexibility index (Phi) is 3.96. The van der Waals surface area contributed by atoms with Crippen molar-refractivity contribution in [1.29, 1.82) is 0 Å². The number of carbonyl (C=O) groups is 4. The van der Waals surface area contributed by atoms with E-state index in [9.17, 15) is 19.2 Å². The van der Waals surface area contributed by atoms with Gasteiger partial charge in [0.05, 0.1) is 0 Å². The number of benzene rings is 1. The molecule has 8 heteroatoms. The minimum absolute atomic E-state index is 0.299. The second-order valence-electron chi connectivity index (χ2n) is 5.81. The maximum Gasteiger partial charge on any atom is 0.327 e. The van der Waals surface area contributed by atoms with Gasteiger partial charge in [0.2, 0.25) is 5.91 Å². The molecule has 3 unspecified atom stereocenters. The fourth-order valence-electron chi connectivity index (χ4n) is 3.14. The summed E-state index contributed by atoms with van der Waals surface area (Å²) in [6.45, 7) is 1.18. The molecule has 0 spiro atoms. The predicted octanol–water partition coefficient (Wildman–Crippen LogP) is -0.567. The molecule has 0 bridgehead atoms. The van der Waals surface area contributed by atoms with Gasteiger partial charge in [0, 0.05) is 5.92 Å². The number of hydrogen-bond acceptors (Lipinski definition) is 5. The van der Waals surface area contributed by atoms with Gasteiger partial charge in [-0.3, -0.25) is 14.4 Å². The van der Waals surface area contributed by atoms with Gasteiger partial charge >= 0.3 is 5.97 Å². The standard InChI is InChI=1S/C16H16N2O6/c1-8-12(16(22)23)18-13(14(8)20)11(15(18)21)17-10(19)7-24-9-5-3-2-4-6-9/h2-6,8,11-13H,7H2,1H3,(H,17,19)(H,22,23)/t8?,11?,12?,13-/m0/s1. The number of aliphatic carboxylic acids is 1. The van der Waals surface area contributed by atoms with Gasteiger partial charge in [0.1, 0.15) is 23.9 Å². The van der Waals surface area contributed by atoms with E-state index in [1.54, 1.807) is 30.3 Å². The summed E-state index contributed by atoms with van der Waals surface area (Å²) < 4.78 is 5.28. The van der Waals surface area contributed by atoms with Crippen molar-refractivity contribution in [2.24, 2.45) is 5.92 Å². The van der Waals surface area contributed by atoms with E-state index < -0.39 is 41.8 Å². The summed E-state index contributed by atoms with van der Waals surface area (Å²) in [6.07, 6.45) is 0. The molecule has 2 aliphatic rings. The lowest BCUT2D eigenvalue weighted by Crippen LogP contribution is -2.72. The van der Waals surface area contributed by atoms with Gasteiger partial charge < -0.3 is 20.1 Å². The second kappa shape index (κ2) is 5.95. The number of nitrogens with one attached hydrogen (secondary N) is 1. The number of carbonyl (C=O) groups excluding carboxylic acids is 3. The Hall–Kier alpha value is -2.90. The maximum absolute atomic E-state index is 12.2. The average Bonchev–Trinajstić information content (AvgIpc) is 2.81. The molecule has 2 amide bonds. The van der Waals surface area contributed by atoms with Crippen LogP contribution in [0.25, 0.3) is 0 Å². The summed E-state index contributed by atoms with van der Waals surface area (Å²) in [6, 6.07) is 5.59. The van der Waals surface area contributed by atoms with E-state index in [0.29, 0.717) is 5.75 Å². The van der Waals surface area contributed by atoms with Gasteiger partial charge in [0.15, 0.2) is 12.4 Å². The number of ether oxygens (including phenoxy) is 1. The molecule has 0 saturated carbocycles. The van der Waals surface area contributed by atoms with Crippen molar-refractivity contribution in [3.05, 3.63) is 30.3 Å². The highest BCUT2D eigenvalue weighted by Crippen LogP contribution is 2.36. The molecule has 1 aromatic rings. The summed E-state index contributed by atoms with van der Waals surface area (Å²) in [7, 11) is 0. The highest BCUT2D eigenvalue weighted by molar-refractivity contribution is 6.11. The zero-order valence-electron chi connectivity index (χ0n) is 12.8. The number of carboxylic acids is 1. The van der Waals surface area contributed by atoms with Crippen LogP contribution < -0.4 is 10.1 Å². The molecule has 1 aromatic carbocycles. The number of carboxylic acid groups (broad SMARTS) is 1. The van der Waals surface area contributed by atoms with Crippen LogP contribution >= 0.6 is 0 Å². The highest BCUT2D eigenvalue weighted by atomic mass is 16.5. The van der Waals surface area contributed by atoms with Gasteiger partial charge in [-0.2, -0.15) is 0 Å². The Morgan fingerprint density at radius 3 is 2.54 bits per heavy atom. The Morgan fingerprint density at radius 1 is 1.25 bits per heavy atom. The van der Waals surface area contributed by atoms with E-state index in [0.717, 1.165) is 4.90 Å². The third kappa shape index (κ3) is 2.49. The first kappa shape index (κ1) is 16.0. The highest BCUT2D eigenvalue weighted by Gasteiger charge is 2.64. The van der Waals surface area contributed by atoms with Crippen molar-refractivity contribution in [3.63, 3.8) is 0 Å². The molecule has 2 saturated heterocycles. The van der Waals surface area contributed by atoms with Gasteiger partial charge in [0.25, 0.3) is 5.91 Å². The smallest absolute Gasteiger partial charge is 0.327 e. The topological polar surface area (TPSA) is 113 Å². The van der Waals surface area contributed by atoms with E-state index in [4.69, 9.17) is 9.84 Å². The van der Waals surface area contributed by atoms with Crippen molar-refractivity contribution in [2.45, 2.75) is 25.0 Å². The fraction of sp³-hybridized carbons (Fsp3) is 0.375. The molecule has 0 aliphatic carbocycles. The average molecular weight is 332 g/mol. The Morgan fingerprint density at radius 2 is 1.92 bits per heavy atom. The summed E-state index contributed by atoms with van der Waals surface area (Å²) in [5.74, 6) is -2.96.